The second-order valence-electron chi connectivity index (χ2n) is 3.99. The molecule has 0 aliphatic rings. The van der Waals surface area contributed by atoms with Crippen molar-refractivity contribution in [1.29, 1.82) is 0 Å². The zero-order chi connectivity index (χ0) is 14.5. The number of hydrogen-bond donors (Lipinski definition) is 4. The van der Waals surface area contributed by atoms with Crippen LogP contribution in [0.15, 0.2) is 24.3 Å². The summed E-state index contributed by atoms with van der Waals surface area (Å²) >= 11 is 0. The van der Waals surface area contributed by atoms with E-state index in [4.69, 9.17) is 10.2 Å². The molecule has 0 saturated heterocycles. The fraction of sp³-hybridized carbons (Fsp3) is 0.364. The summed E-state index contributed by atoms with van der Waals surface area (Å²) in [5.74, 6) is -0.459. The highest BCUT2D eigenvalue weighted by Crippen LogP contribution is 2.10. The Morgan fingerprint density at radius 3 is 2.16 bits per heavy atom. The van der Waals surface area contributed by atoms with Gasteiger partial charge in [0.25, 0.3) is 5.91 Å². The van der Waals surface area contributed by atoms with Gasteiger partial charge >= 0.3 is 0 Å². The molecule has 7 nitrogen and oxygen atoms in total. The van der Waals surface area contributed by atoms with Crippen molar-refractivity contribution in [2.45, 2.75) is 6.04 Å². The van der Waals surface area contributed by atoms with E-state index in [0.29, 0.717) is 11.3 Å². The van der Waals surface area contributed by atoms with Crippen molar-refractivity contribution < 1.29 is 23.4 Å². The molecule has 0 fully saturated rings. The first-order valence-electron chi connectivity index (χ1n) is 5.46. The SMILES string of the molecule is CS(=O)(=O)Nc1ccc(C(=O)NC(CO)CO)cc1. The molecule has 0 heterocycles. The first kappa shape index (κ1) is 15.4. The van der Waals surface area contributed by atoms with E-state index in [-0.39, 0.29) is 13.2 Å². The second kappa shape index (κ2) is 6.50. The number of carbonyl (C=O) groups is 1. The topological polar surface area (TPSA) is 116 Å². The molecule has 4 N–H and O–H groups in total. The molecule has 0 atom stereocenters. The Kier molecular flexibility index (Phi) is 5.28. The van der Waals surface area contributed by atoms with Gasteiger partial charge < -0.3 is 15.5 Å². The second-order valence-corrected chi connectivity index (χ2v) is 5.74. The van der Waals surface area contributed by atoms with E-state index in [1.54, 1.807) is 0 Å². The van der Waals surface area contributed by atoms with Crippen LogP contribution in [0.25, 0.3) is 0 Å². The lowest BCUT2D eigenvalue weighted by atomic mass is 10.2. The lowest BCUT2D eigenvalue weighted by Gasteiger charge is -2.13. The number of sulfonamides is 1. The predicted molar refractivity (Wildman–Crippen MR) is 70.3 cm³/mol. The predicted octanol–water partition coefficient (Wildman–Crippen LogP) is -0.859. The quantitative estimate of drug-likeness (QED) is 0.544. The van der Waals surface area contributed by atoms with Gasteiger partial charge in [-0.15, -0.1) is 0 Å². The summed E-state index contributed by atoms with van der Waals surface area (Å²) in [7, 11) is -3.35. The van der Waals surface area contributed by atoms with Crippen LogP contribution in [0.4, 0.5) is 5.69 Å². The first-order valence-corrected chi connectivity index (χ1v) is 7.35. The monoisotopic (exact) mass is 288 g/mol. The third-order valence-corrected chi connectivity index (χ3v) is 2.83. The maximum absolute atomic E-state index is 11.7. The highest BCUT2D eigenvalue weighted by atomic mass is 32.2. The zero-order valence-electron chi connectivity index (χ0n) is 10.3. The van der Waals surface area contributed by atoms with Crippen LogP contribution in [0.2, 0.25) is 0 Å². The van der Waals surface area contributed by atoms with Gasteiger partial charge in [-0.05, 0) is 24.3 Å². The first-order chi connectivity index (χ1) is 8.85. The molecule has 19 heavy (non-hydrogen) atoms. The maximum atomic E-state index is 11.7. The summed E-state index contributed by atoms with van der Waals surface area (Å²) in [4.78, 5) is 11.7. The number of anilines is 1. The Bertz CT molecular complexity index is 523. The van der Waals surface area contributed by atoms with Crippen LogP contribution < -0.4 is 10.0 Å². The van der Waals surface area contributed by atoms with Crippen molar-refractivity contribution in [2.75, 3.05) is 24.2 Å². The highest BCUT2D eigenvalue weighted by Gasteiger charge is 2.12. The molecule has 0 aliphatic carbocycles. The third-order valence-electron chi connectivity index (χ3n) is 2.23. The summed E-state index contributed by atoms with van der Waals surface area (Å²) in [6.45, 7) is -0.730. The minimum absolute atomic E-state index is 0.297. The number of aliphatic hydroxyl groups is 2. The van der Waals surface area contributed by atoms with E-state index in [9.17, 15) is 13.2 Å². The summed E-state index contributed by atoms with van der Waals surface area (Å²) in [5, 5.41) is 20.1. The summed E-state index contributed by atoms with van der Waals surface area (Å²) in [5.41, 5.74) is 0.644. The van der Waals surface area contributed by atoms with Gasteiger partial charge in [-0.1, -0.05) is 0 Å². The number of nitrogens with one attached hydrogen (secondary N) is 2. The van der Waals surface area contributed by atoms with Gasteiger partial charge in [0.2, 0.25) is 10.0 Å². The smallest absolute Gasteiger partial charge is 0.251 e. The normalized spacial score (nSPS) is 11.4. The van der Waals surface area contributed by atoms with Crippen LogP contribution >= 0.6 is 0 Å². The summed E-state index contributed by atoms with van der Waals surface area (Å²) < 4.78 is 24.3. The molecule has 0 unspecified atom stereocenters. The summed E-state index contributed by atoms with van der Waals surface area (Å²) in [6, 6.07) is 5.05. The van der Waals surface area contributed by atoms with Crippen LogP contribution in [0.3, 0.4) is 0 Å². The molecular formula is C11H16N2O5S. The van der Waals surface area contributed by atoms with Crippen LogP contribution in [-0.2, 0) is 10.0 Å². The fourth-order valence-corrected chi connectivity index (χ4v) is 1.89. The van der Waals surface area contributed by atoms with Gasteiger partial charge in [-0.2, -0.15) is 0 Å². The highest BCUT2D eigenvalue weighted by molar-refractivity contribution is 7.92. The molecule has 1 rings (SSSR count). The molecule has 0 saturated carbocycles. The van der Waals surface area contributed by atoms with Crippen molar-refractivity contribution in [3.05, 3.63) is 29.8 Å². The van der Waals surface area contributed by atoms with Crippen LogP contribution in [-0.4, -0.2) is 50.0 Å². The number of carbonyl (C=O) groups excluding carboxylic acids is 1. The maximum Gasteiger partial charge on any atom is 0.251 e. The molecule has 0 spiro atoms. The molecule has 1 aromatic carbocycles. The van der Waals surface area contributed by atoms with Gasteiger partial charge in [0, 0.05) is 11.3 Å². The molecule has 106 valence electrons. The third kappa shape index (κ3) is 5.25. The van der Waals surface area contributed by atoms with E-state index >= 15 is 0 Å². The van der Waals surface area contributed by atoms with Gasteiger partial charge in [0.05, 0.1) is 25.5 Å². The number of hydrogen-bond acceptors (Lipinski definition) is 5. The average Bonchev–Trinajstić information content (AvgIpc) is 2.34. The van der Waals surface area contributed by atoms with Crippen molar-refractivity contribution in [3.63, 3.8) is 0 Å². The Balaban J connectivity index is 2.73. The molecule has 0 bridgehead atoms. The average molecular weight is 288 g/mol. The Morgan fingerprint density at radius 2 is 1.74 bits per heavy atom. The Hall–Kier alpha value is -1.64. The molecule has 1 amide bonds. The molecule has 0 radical (unpaired) electrons. The molecule has 1 aromatic rings. The van der Waals surface area contributed by atoms with Gasteiger partial charge in [0.1, 0.15) is 0 Å². The zero-order valence-corrected chi connectivity index (χ0v) is 11.1. The van der Waals surface area contributed by atoms with E-state index in [0.717, 1.165) is 6.26 Å². The lowest BCUT2D eigenvalue weighted by Crippen LogP contribution is -2.40. The minimum Gasteiger partial charge on any atom is -0.394 e. The number of aliphatic hydroxyl groups excluding tert-OH is 2. The van der Waals surface area contributed by atoms with Crippen LogP contribution in [0, 0.1) is 0 Å². The van der Waals surface area contributed by atoms with E-state index in [1.165, 1.54) is 24.3 Å². The van der Waals surface area contributed by atoms with Gasteiger partial charge in [-0.25, -0.2) is 8.42 Å². The molecular weight excluding hydrogens is 272 g/mol. The van der Waals surface area contributed by atoms with Crippen molar-refractivity contribution in [1.82, 2.24) is 5.32 Å². The van der Waals surface area contributed by atoms with Gasteiger partial charge in [-0.3, -0.25) is 9.52 Å². The van der Waals surface area contributed by atoms with Crippen LogP contribution in [0.1, 0.15) is 10.4 Å². The Morgan fingerprint density at radius 1 is 1.21 bits per heavy atom. The number of amides is 1. The van der Waals surface area contributed by atoms with Crippen LogP contribution in [0.5, 0.6) is 0 Å². The van der Waals surface area contributed by atoms with Gasteiger partial charge in [0.15, 0.2) is 0 Å². The standard InChI is InChI=1S/C11H16N2O5S/c1-19(17,18)13-9-4-2-8(3-5-9)11(16)12-10(6-14)7-15/h2-5,10,13-15H,6-7H2,1H3,(H,12,16). The number of rotatable bonds is 6. The van der Waals surface area contributed by atoms with E-state index in [2.05, 4.69) is 10.0 Å². The molecule has 8 heteroatoms. The van der Waals surface area contributed by atoms with Crippen molar-refractivity contribution in [2.24, 2.45) is 0 Å². The van der Waals surface area contributed by atoms with Crippen molar-refractivity contribution in [3.8, 4) is 0 Å². The minimum atomic E-state index is -3.35. The fourth-order valence-electron chi connectivity index (χ4n) is 1.32. The summed E-state index contributed by atoms with van der Waals surface area (Å²) in [6.07, 6.45) is 1.03. The Labute approximate surface area is 111 Å². The largest absolute Gasteiger partial charge is 0.394 e. The lowest BCUT2D eigenvalue weighted by molar-refractivity contribution is 0.0879. The van der Waals surface area contributed by atoms with E-state index < -0.39 is 22.0 Å². The number of benzene rings is 1. The van der Waals surface area contributed by atoms with Crippen molar-refractivity contribution >= 4 is 21.6 Å². The molecule has 0 aromatic heterocycles. The van der Waals surface area contributed by atoms with E-state index in [1.807, 2.05) is 0 Å². The molecule has 0 aliphatic heterocycles.